The molecule has 164 valence electrons. The number of halogens is 1. The molecule has 0 saturated heterocycles. The third-order valence-corrected chi connectivity index (χ3v) is 5.45. The Labute approximate surface area is 186 Å². The van der Waals surface area contributed by atoms with E-state index >= 15 is 0 Å². The van der Waals surface area contributed by atoms with Gasteiger partial charge in [-0.15, -0.1) is 0 Å². The molecule has 2 aromatic carbocycles. The summed E-state index contributed by atoms with van der Waals surface area (Å²) in [5.74, 6) is 0.470. The number of amides is 1. The Kier molecular flexibility index (Phi) is 6.04. The molecule has 0 atom stereocenters. The van der Waals surface area contributed by atoms with Crippen LogP contribution in [0.15, 0.2) is 58.2 Å². The van der Waals surface area contributed by atoms with Crippen LogP contribution < -0.4 is 19.2 Å². The summed E-state index contributed by atoms with van der Waals surface area (Å²) in [6.45, 7) is 0. The molecule has 0 bridgehead atoms. The highest BCUT2D eigenvalue weighted by atomic mass is 32.1. The number of carbonyl (C=O) groups excluding carboxylic acids is 1. The number of fused-ring (bicyclic) bond motifs is 1. The van der Waals surface area contributed by atoms with Crippen molar-refractivity contribution >= 4 is 38.8 Å². The normalized spacial score (nSPS) is 11.1. The van der Waals surface area contributed by atoms with Crippen molar-refractivity contribution in [2.75, 3.05) is 26.3 Å². The fourth-order valence-electron chi connectivity index (χ4n) is 2.97. The lowest BCUT2D eigenvalue weighted by Crippen LogP contribution is -2.25. The maximum absolute atomic E-state index is 13.6. The molecule has 0 aliphatic heterocycles. The third-order valence-electron chi connectivity index (χ3n) is 4.45. The quantitative estimate of drug-likeness (QED) is 0.296. The monoisotopic (exact) mass is 455 g/mol. The van der Waals surface area contributed by atoms with Crippen LogP contribution in [0, 0.1) is 5.82 Å². The van der Waals surface area contributed by atoms with Crippen molar-refractivity contribution in [1.29, 1.82) is 0 Å². The van der Waals surface area contributed by atoms with Gasteiger partial charge in [-0.25, -0.2) is 9.37 Å². The molecular formula is C22H18FN3O5S. The Morgan fingerprint density at radius 3 is 2.50 bits per heavy atom. The molecule has 32 heavy (non-hydrogen) atoms. The van der Waals surface area contributed by atoms with E-state index in [1.54, 1.807) is 24.3 Å². The summed E-state index contributed by atoms with van der Waals surface area (Å²) >= 11 is 1.13. The number of nitrogens with zero attached hydrogens (tertiary/aromatic N) is 3. The molecule has 0 spiro atoms. The van der Waals surface area contributed by atoms with E-state index in [1.807, 2.05) is 0 Å². The number of thiazole rings is 1. The molecule has 0 aliphatic rings. The molecule has 2 heterocycles. The zero-order chi connectivity index (χ0) is 22.7. The highest BCUT2D eigenvalue weighted by Gasteiger charge is 2.23. The van der Waals surface area contributed by atoms with Crippen LogP contribution in [-0.2, 0) is 0 Å². The van der Waals surface area contributed by atoms with E-state index in [4.69, 9.17) is 18.6 Å². The summed E-state index contributed by atoms with van der Waals surface area (Å²) in [4.78, 5) is 17.5. The second kappa shape index (κ2) is 9.06. The number of ether oxygens (including phenoxy) is 3. The van der Waals surface area contributed by atoms with Crippen molar-refractivity contribution in [3.8, 4) is 17.2 Å². The molecule has 0 fully saturated rings. The van der Waals surface area contributed by atoms with Crippen LogP contribution >= 0.6 is 11.3 Å². The first-order valence-corrected chi connectivity index (χ1v) is 10.1. The van der Waals surface area contributed by atoms with E-state index < -0.39 is 11.7 Å². The zero-order valence-corrected chi connectivity index (χ0v) is 18.2. The SMILES string of the molecule is COc1cc(C=NN(C(=O)c2ccco2)c2nc3ccc(F)cc3s2)cc(OC)c1OC. The van der Waals surface area contributed by atoms with Crippen molar-refractivity contribution in [2.24, 2.45) is 5.10 Å². The number of furan rings is 1. The summed E-state index contributed by atoms with van der Waals surface area (Å²) in [7, 11) is 4.52. The summed E-state index contributed by atoms with van der Waals surface area (Å²) in [5.41, 5.74) is 1.13. The maximum Gasteiger partial charge on any atom is 0.316 e. The van der Waals surface area contributed by atoms with Gasteiger partial charge in [-0.05, 0) is 42.5 Å². The van der Waals surface area contributed by atoms with Gasteiger partial charge in [0.2, 0.25) is 10.9 Å². The van der Waals surface area contributed by atoms with Gasteiger partial charge >= 0.3 is 5.91 Å². The average molecular weight is 455 g/mol. The van der Waals surface area contributed by atoms with Gasteiger partial charge in [-0.3, -0.25) is 4.79 Å². The summed E-state index contributed by atoms with van der Waals surface area (Å²) in [5, 5.41) is 5.71. The molecule has 4 rings (SSSR count). The van der Waals surface area contributed by atoms with Gasteiger partial charge in [0.15, 0.2) is 17.3 Å². The van der Waals surface area contributed by atoms with Gasteiger partial charge < -0.3 is 18.6 Å². The molecule has 4 aromatic rings. The number of hydrazone groups is 1. The van der Waals surface area contributed by atoms with E-state index in [0.29, 0.717) is 33.0 Å². The van der Waals surface area contributed by atoms with Crippen molar-refractivity contribution in [2.45, 2.75) is 0 Å². The summed E-state index contributed by atoms with van der Waals surface area (Å²) in [6, 6.07) is 10.7. The fraction of sp³-hybridized carbons (Fsp3) is 0.136. The van der Waals surface area contributed by atoms with Crippen molar-refractivity contribution in [3.63, 3.8) is 0 Å². The maximum atomic E-state index is 13.6. The number of hydrogen-bond donors (Lipinski definition) is 0. The van der Waals surface area contributed by atoms with Crippen LogP contribution in [0.2, 0.25) is 0 Å². The largest absolute Gasteiger partial charge is 0.493 e. The highest BCUT2D eigenvalue weighted by molar-refractivity contribution is 7.22. The van der Waals surface area contributed by atoms with Gasteiger partial charge in [-0.2, -0.15) is 10.1 Å². The lowest BCUT2D eigenvalue weighted by molar-refractivity contribution is 0.0961. The first-order valence-electron chi connectivity index (χ1n) is 9.32. The van der Waals surface area contributed by atoms with Crippen LogP contribution in [0.1, 0.15) is 16.1 Å². The molecule has 0 unspecified atom stereocenters. The number of rotatable bonds is 7. The first kappa shape index (κ1) is 21.3. The minimum Gasteiger partial charge on any atom is -0.493 e. The predicted molar refractivity (Wildman–Crippen MR) is 119 cm³/mol. The van der Waals surface area contributed by atoms with Gasteiger partial charge in [-0.1, -0.05) is 11.3 Å². The van der Waals surface area contributed by atoms with E-state index in [9.17, 15) is 9.18 Å². The summed E-state index contributed by atoms with van der Waals surface area (Å²) < 4.78 is 35.5. The van der Waals surface area contributed by atoms with Crippen molar-refractivity contribution < 1.29 is 27.8 Å². The third kappa shape index (κ3) is 4.12. The lowest BCUT2D eigenvalue weighted by atomic mass is 10.2. The number of hydrogen-bond acceptors (Lipinski definition) is 8. The Morgan fingerprint density at radius 1 is 1.12 bits per heavy atom. The number of carbonyl (C=O) groups is 1. The number of benzene rings is 2. The van der Waals surface area contributed by atoms with Crippen LogP contribution in [0.3, 0.4) is 0 Å². The molecule has 0 saturated carbocycles. The second-order valence-electron chi connectivity index (χ2n) is 6.41. The fourth-order valence-corrected chi connectivity index (χ4v) is 3.92. The Morgan fingerprint density at radius 2 is 1.88 bits per heavy atom. The number of anilines is 1. The number of methoxy groups -OCH3 is 3. The second-order valence-corrected chi connectivity index (χ2v) is 7.42. The minimum absolute atomic E-state index is 0.0810. The van der Waals surface area contributed by atoms with Crippen LogP contribution in [-0.4, -0.2) is 38.4 Å². The summed E-state index contributed by atoms with van der Waals surface area (Å²) in [6.07, 6.45) is 2.85. The molecule has 2 aromatic heterocycles. The standard InChI is InChI=1S/C22H18FN3O5S/c1-28-17-9-13(10-18(29-2)20(17)30-3)12-24-26(21(27)16-5-4-8-31-16)22-25-15-7-6-14(23)11-19(15)32-22/h4-12H,1-3H3. The molecule has 0 N–H and O–H groups in total. The van der Waals surface area contributed by atoms with Crippen LogP contribution in [0.5, 0.6) is 17.2 Å². The average Bonchev–Trinajstić information content (AvgIpc) is 3.48. The Bertz CT molecular complexity index is 1260. The van der Waals surface area contributed by atoms with Crippen LogP contribution in [0.25, 0.3) is 10.2 Å². The van der Waals surface area contributed by atoms with E-state index in [0.717, 1.165) is 16.3 Å². The van der Waals surface area contributed by atoms with E-state index in [1.165, 1.54) is 52.0 Å². The topological polar surface area (TPSA) is 86.4 Å². The van der Waals surface area contributed by atoms with E-state index in [-0.39, 0.29) is 10.9 Å². The zero-order valence-electron chi connectivity index (χ0n) is 17.4. The molecule has 0 radical (unpaired) electrons. The minimum atomic E-state index is -0.529. The van der Waals surface area contributed by atoms with E-state index in [2.05, 4.69) is 10.1 Å². The van der Waals surface area contributed by atoms with Crippen molar-refractivity contribution in [1.82, 2.24) is 4.98 Å². The molecule has 10 heteroatoms. The number of aromatic nitrogens is 1. The van der Waals surface area contributed by atoms with Crippen LogP contribution in [0.4, 0.5) is 9.52 Å². The lowest BCUT2D eigenvalue weighted by Gasteiger charge is -2.14. The molecule has 8 nitrogen and oxygen atoms in total. The molecule has 0 aliphatic carbocycles. The van der Waals surface area contributed by atoms with Gasteiger partial charge in [0.1, 0.15) is 5.82 Å². The van der Waals surface area contributed by atoms with Gasteiger partial charge in [0.05, 0.1) is 44.0 Å². The van der Waals surface area contributed by atoms with Gasteiger partial charge in [0, 0.05) is 5.56 Å². The smallest absolute Gasteiger partial charge is 0.316 e. The van der Waals surface area contributed by atoms with Crippen molar-refractivity contribution in [3.05, 3.63) is 65.9 Å². The van der Waals surface area contributed by atoms with Gasteiger partial charge in [0.25, 0.3) is 0 Å². The predicted octanol–water partition coefficient (Wildman–Crippen LogP) is 4.74. The Hall–Kier alpha value is -3.92. The first-order chi connectivity index (χ1) is 15.5. The highest BCUT2D eigenvalue weighted by Crippen LogP contribution is 2.38. The molecular weight excluding hydrogens is 437 g/mol. The Balaban J connectivity index is 1.77. The molecule has 1 amide bonds.